The molecule has 150 valence electrons. The zero-order valence-corrected chi connectivity index (χ0v) is 15.1. The lowest BCUT2D eigenvalue weighted by Gasteiger charge is -2.15. The molecule has 28 heavy (non-hydrogen) atoms. The van der Waals surface area contributed by atoms with Gasteiger partial charge in [-0.15, -0.1) is 0 Å². The van der Waals surface area contributed by atoms with Crippen LogP contribution in [0.3, 0.4) is 0 Å². The minimum Gasteiger partial charge on any atom is -0.478 e. The van der Waals surface area contributed by atoms with E-state index in [-0.39, 0.29) is 35.5 Å². The number of hydrogen-bond acceptors (Lipinski definition) is 6. The third-order valence-electron chi connectivity index (χ3n) is 3.34. The highest BCUT2D eigenvalue weighted by atomic mass is 35.5. The van der Waals surface area contributed by atoms with Gasteiger partial charge in [0.2, 0.25) is 11.9 Å². The molecule has 0 radical (unpaired) electrons. The van der Waals surface area contributed by atoms with Crippen LogP contribution in [0.15, 0.2) is 24.4 Å². The molecule has 1 amide bonds. The van der Waals surface area contributed by atoms with Gasteiger partial charge >= 0.3 is 12.1 Å². The molecule has 2 rings (SSSR count). The van der Waals surface area contributed by atoms with Gasteiger partial charge in [-0.1, -0.05) is 11.6 Å². The van der Waals surface area contributed by atoms with E-state index in [0.29, 0.717) is 11.9 Å². The minimum absolute atomic E-state index is 0.0122. The lowest BCUT2D eigenvalue weighted by molar-refractivity contribution is -0.137. The molecule has 0 unspecified atom stereocenters. The molecule has 0 saturated carbocycles. The maximum atomic E-state index is 13.1. The van der Waals surface area contributed by atoms with E-state index in [1.54, 1.807) is 0 Å². The average molecular weight is 418 g/mol. The number of carboxylic acid groups (broad SMARTS) is 1. The van der Waals surface area contributed by atoms with Gasteiger partial charge in [-0.05, 0) is 18.2 Å². The Morgan fingerprint density at radius 1 is 1.25 bits per heavy atom. The fourth-order valence-electron chi connectivity index (χ4n) is 2.10. The summed E-state index contributed by atoms with van der Waals surface area (Å²) in [4.78, 5) is 29.2. The van der Waals surface area contributed by atoms with E-state index >= 15 is 0 Å². The molecule has 0 atom stereocenters. The molecule has 0 fully saturated rings. The van der Waals surface area contributed by atoms with Gasteiger partial charge in [0.05, 0.1) is 10.6 Å². The minimum atomic E-state index is -4.68. The van der Waals surface area contributed by atoms with Crippen molar-refractivity contribution < 1.29 is 27.9 Å². The maximum Gasteiger partial charge on any atom is 0.421 e. The standard InChI is InChI=1S/C16H15ClF3N5O3/c1-8(26)21-4-5-22-13-11(16(18,19)20)7-23-15(25-13)24-9-2-3-10(14(27)28)12(17)6-9/h2-3,6-7H,4-5H2,1H3,(H,21,26)(H,27,28)(H2,22,23,24,25). The highest BCUT2D eigenvalue weighted by Crippen LogP contribution is 2.34. The number of amides is 1. The number of halogens is 4. The predicted octanol–water partition coefficient (Wildman–Crippen LogP) is 3.14. The molecule has 0 aliphatic carbocycles. The number of aromatic carboxylic acids is 1. The third-order valence-corrected chi connectivity index (χ3v) is 3.65. The second-order valence-electron chi connectivity index (χ2n) is 5.49. The molecule has 0 bridgehead atoms. The van der Waals surface area contributed by atoms with Crippen LogP contribution in [0, 0.1) is 0 Å². The average Bonchev–Trinajstić information content (AvgIpc) is 2.57. The van der Waals surface area contributed by atoms with Gasteiger partial charge in [-0.3, -0.25) is 4.79 Å². The van der Waals surface area contributed by atoms with Crippen LogP contribution in [-0.2, 0) is 11.0 Å². The monoisotopic (exact) mass is 417 g/mol. The molecule has 0 saturated heterocycles. The number of anilines is 3. The van der Waals surface area contributed by atoms with Crippen LogP contribution in [-0.4, -0.2) is 40.0 Å². The van der Waals surface area contributed by atoms with Gasteiger partial charge in [0.1, 0.15) is 11.4 Å². The van der Waals surface area contributed by atoms with E-state index in [4.69, 9.17) is 16.7 Å². The number of hydrogen-bond donors (Lipinski definition) is 4. The SMILES string of the molecule is CC(=O)NCCNc1nc(Nc2ccc(C(=O)O)c(Cl)c2)ncc1C(F)(F)F. The predicted molar refractivity (Wildman–Crippen MR) is 95.9 cm³/mol. The van der Waals surface area contributed by atoms with Crippen molar-refractivity contribution in [2.24, 2.45) is 0 Å². The quantitative estimate of drug-likeness (QED) is 0.511. The van der Waals surface area contributed by atoms with Crippen molar-refractivity contribution in [1.82, 2.24) is 15.3 Å². The molecule has 4 N–H and O–H groups in total. The van der Waals surface area contributed by atoms with Gasteiger partial charge in [0, 0.05) is 31.9 Å². The third kappa shape index (κ3) is 5.71. The van der Waals surface area contributed by atoms with Crippen LogP contribution < -0.4 is 16.0 Å². The van der Waals surface area contributed by atoms with E-state index in [2.05, 4.69) is 25.9 Å². The number of nitrogens with one attached hydrogen (secondary N) is 3. The van der Waals surface area contributed by atoms with Crippen LogP contribution in [0.2, 0.25) is 5.02 Å². The lowest BCUT2D eigenvalue weighted by Crippen LogP contribution is -2.27. The molecule has 0 aliphatic rings. The lowest BCUT2D eigenvalue weighted by atomic mass is 10.2. The molecule has 1 aromatic heterocycles. The molecular weight excluding hydrogens is 403 g/mol. The van der Waals surface area contributed by atoms with Crippen LogP contribution in [0.5, 0.6) is 0 Å². The number of benzene rings is 1. The van der Waals surface area contributed by atoms with Crippen molar-refractivity contribution in [3.8, 4) is 0 Å². The van der Waals surface area contributed by atoms with Crippen molar-refractivity contribution in [3.05, 3.63) is 40.5 Å². The smallest absolute Gasteiger partial charge is 0.421 e. The molecule has 0 spiro atoms. The summed E-state index contributed by atoms with van der Waals surface area (Å²) in [5.41, 5.74) is -0.903. The Hall–Kier alpha value is -3.08. The first kappa shape index (κ1) is 21.2. The number of carboxylic acids is 1. The molecule has 2 aromatic rings. The van der Waals surface area contributed by atoms with Gasteiger partial charge in [0.25, 0.3) is 0 Å². The largest absolute Gasteiger partial charge is 0.478 e. The Balaban J connectivity index is 2.23. The van der Waals surface area contributed by atoms with E-state index < -0.39 is 23.5 Å². The number of aromatic nitrogens is 2. The highest BCUT2D eigenvalue weighted by Gasteiger charge is 2.35. The summed E-state index contributed by atoms with van der Waals surface area (Å²) in [5.74, 6) is -2.16. The van der Waals surface area contributed by atoms with Crippen molar-refractivity contribution in [1.29, 1.82) is 0 Å². The van der Waals surface area contributed by atoms with Crippen LogP contribution in [0.25, 0.3) is 0 Å². The Labute approximate surface area is 162 Å². The zero-order chi connectivity index (χ0) is 20.9. The van der Waals surface area contributed by atoms with Crippen LogP contribution in [0.4, 0.5) is 30.6 Å². The maximum absolute atomic E-state index is 13.1. The molecule has 0 aliphatic heterocycles. The summed E-state index contributed by atoms with van der Waals surface area (Å²) >= 11 is 5.86. The van der Waals surface area contributed by atoms with E-state index in [9.17, 15) is 22.8 Å². The van der Waals surface area contributed by atoms with Crippen LogP contribution >= 0.6 is 11.6 Å². The summed E-state index contributed by atoms with van der Waals surface area (Å²) in [6, 6.07) is 3.90. The summed E-state index contributed by atoms with van der Waals surface area (Å²) in [6.45, 7) is 1.40. The highest BCUT2D eigenvalue weighted by molar-refractivity contribution is 6.33. The summed E-state index contributed by atoms with van der Waals surface area (Å²) in [7, 11) is 0. The second kappa shape index (κ2) is 8.74. The Kier molecular flexibility index (Phi) is 6.62. The fraction of sp³-hybridized carbons (Fsp3) is 0.250. The van der Waals surface area contributed by atoms with Gasteiger partial charge in [-0.25, -0.2) is 9.78 Å². The fourth-order valence-corrected chi connectivity index (χ4v) is 2.36. The second-order valence-corrected chi connectivity index (χ2v) is 5.90. The Bertz CT molecular complexity index is 892. The van der Waals surface area contributed by atoms with E-state index in [0.717, 1.165) is 0 Å². The van der Waals surface area contributed by atoms with Crippen molar-refractivity contribution >= 4 is 40.9 Å². The normalized spacial score (nSPS) is 11.0. The Morgan fingerprint density at radius 3 is 2.54 bits per heavy atom. The number of nitrogens with zero attached hydrogens (tertiary/aromatic N) is 2. The van der Waals surface area contributed by atoms with Crippen molar-refractivity contribution in [2.45, 2.75) is 13.1 Å². The first-order chi connectivity index (χ1) is 13.1. The van der Waals surface area contributed by atoms with Crippen molar-refractivity contribution in [3.63, 3.8) is 0 Å². The number of carbonyl (C=O) groups is 2. The number of carbonyl (C=O) groups excluding carboxylic acids is 1. The van der Waals surface area contributed by atoms with Gasteiger partial charge in [0.15, 0.2) is 0 Å². The van der Waals surface area contributed by atoms with E-state index in [1.807, 2.05) is 0 Å². The molecular formula is C16H15ClF3N5O3. The molecule has 1 aromatic carbocycles. The van der Waals surface area contributed by atoms with E-state index in [1.165, 1.54) is 25.1 Å². The topological polar surface area (TPSA) is 116 Å². The molecule has 8 nitrogen and oxygen atoms in total. The zero-order valence-electron chi connectivity index (χ0n) is 14.4. The first-order valence-corrected chi connectivity index (χ1v) is 8.18. The number of rotatable bonds is 7. The van der Waals surface area contributed by atoms with Gasteiger partial charge < -0.3 is 21.1 Å². The summed E-state index contributed by atoms with van der Waals surface area (Å²) in [6.07, 6.45) is -4.06. The Morgan fingerprint density at radius 2 is 1.96 bits per heavy atom. The van der Waals surface area contributed by atoms with Gasteiger partial charge in [-0.2, -0.15) is 18.2 Å². The molecule has 12 heteroatoms. The van der Waals surface area contributed by atoms with Crippen molar-refractivity contribution in [2.75, 3.05) is 23.7 Å². The van der Waals surface area contributed by atoms with Crippen LogP contribution in [0.1, 0.15) is 22.8 Å². The number of alkyl halides is 3. The summed E-state index contributed by atoms with van der Waals surface area (Å²) in [5, 5.41) is 16.5. The summed E-state index contributed by atoms with van der Waals surface area (Å²) < 4.78 is 39.4. The first-order valence-electron chi connectivity index (χ1n) is 7.80. The molecule has 1 heterocycles.